The first-order valence-electron chi connectivity index (χ1n) is 21.8. The summed E-state index contributed by atoms with van der Waals surface area (Å²) in [7, 11) is -9.03. The van der Waals surface area contributed by atoms with Gasteiger partial charge in [-0.1, -0.05) is 36.7 Å². The normalized spacial score (nSPS) is 16.4. The van der Waals surface area contributed by atoms with Gasteiger partial charge < -0.3 is 56.2 Å². The van der Waals surface area contributed by atoms with Crippen LogP contribution in [0.4, 0.5) is 0 Å². The summed E-state index contributed by atoms with van der Waals surface area (Å²) in [5.74, 6) is -5.19. The molecule has 0 bridgehead atoms. The fourth-order valence-electron chi connectivity index (χ4n) is 7.33. The first kappa shape index (κ1) is 54.6. The molecular formula is C42H61N10O14PS. The number of aliphatic hydroxyl groups excluding tert-OH is 1. The zero-order valence-electron chi connectivity index (χ0n) is 38.4. The molecule has 0 unspecified atom stereocenters. The minimum absolute atomic E-state index is 0.114. The molecule has 3 heterocycles. The van der Waals surface area contributed by atoms with E-state index in [1.165, 1.54) is 48.9 Å². The summed E-state index contributed by atoms with van der Waals surface area (Å²) in [5, 5.41) is 24.0. The quantitative estimate of drug-likeness (QED) is 0.0219. The Balaban J connectivity index is 1.47. The summed E-state index contributed by atoms with van der Waals surface area (Å²) in [6.07, 6.45) is 5.83. The minimum atomic E-state index is -5.15. The zero-order valence-corrected chi connectivity index (χ0v) is 40.1. The van der Waals surface area contributed by atoms with Gasteiger partial charge in [0.25, 0.3) is 10.0 Å². The number of oxime groups is 1. The van der Waals surface area contributed by atoms with Crippen LogP contribution in [0.3, 0.4) is 0 Å². The third kappa shape index (κ3) is 15.8. The van der Waals surface area contributed by atoms with Crippen molar-refractivity contribution in [2.75, 3.05) is 19.8 Å². The van der Waals surface area contributed by atoms with Gasteiger partial charge in [-0.05, 0) is 76.1 Å². The van der Waals surface area contributed by atoms with Crippen LogP contribution in [-0.2, 0) is 65.7 Å². The van der Waals surface area contributed by atoms with E-state index in [2.05, 4.69) is 35.9 Å². The van der Waals surface area contributed by atoms with Crippen molar-refractivity contribution in [2.45, 2.75) is 121 Å². The van der Waals surface area contributed by atoms with E-state index in [4.69, 9.17) is 10.6 Å². The Kier molecular flexibility index (Phi) is 20.0. The molecule has 3 aromatic rings. The van der Waals surface area contributed by atoms with E-state index >= 15 is 0 Å². The van der Waals surface area contributed by atoms with Crippen molar-refractivity contribution >= 4 is 59.5 Å². The maximum atomic E-state index is 14.1. The van der Waals surface area contributed by atoms with Crippen molar-refractivity contribution in [3.63, 3.8) is 0 Å². The molecule has 24 nitrogen and oxygen atoms in total. The maximum Gasteiger partial charge on any atom is 0.469 e. The fraction of sp³-hybridized carbons (Fsp3) is 0.524. The molecular weight excluding hydrogens is 932 g/mol. The van der Waals surface area contributed by atoms with Crippen LogP contribution < -0.4 is 27.0 Å². The number of amides is 6. The monoisotopic (exact) mass is 992 g/mol. The third-order valence-electron chi connectivity index (χ3n) is 10.8. The number of rotatable bonds is 26. The Morgan fingerprint density at radius 3 is 2.26 bits per heavy atom. The van der Waals surface area contributed by atoms with E-state index in [-0.39, 0.29) is 41.9 Å². The molecule has 1 aliphatic rings. The summed E-state index contributed by atoms with van der Waals surface area (Å²) in [5.41, 5.74) is 6.97. The highest BCUT2D eigenvalue weighted by atomic mass is 32.2. The summed E-state index contributed by atoms with van der Waals surface area (Å²) >= 11 is 0. The second-order valence-electron chi connectivity index (χ2n) is 16.7. The molecule has 0 radical (unpaired) electrons. The van der Waals surface area contributed by atoms with Crippen LogP contribution in [0.15, 0.2) is 65.2 Å². The number of unbranched alkanes of at least 4 members (excludes halogenated alkanes) is 1. The summed E-state index contributed by atoms with van der Waals surface area (Å²) in [6, 6.07) is 2.52. The second-order valence-corrected chi connectivity index (χ2v) is 19.7. The number of imidazole rings is 1. The van der Waals surface area contributed by atoms with Gasteiger partial charge in [0.1, 0.15) is 36.8 Å². The van der Waals surface area contributed by atoms with Gasteiger partial charge in [0.05, 0.1) is 35.8 Å². The molecule has 4 rings (SSSR count). The maximum absolute atomic E-state index is 14.1. The van der Waals surface area contributed by atoms with Gasteiger partial charge in [0, 0.05) is 44.5 Å². The number of primary amides is 1. The number of phosphoric ester groups is 1. The van der Waals surface area contributed by atoms with Crippen molar-refractivity contribution < 1.29 is 66.0 Å². The molecule has 1 aliphatic heterocycles. The SMILES string of the molecule is CC(=O)N1CCC[C@H]1C(=O)N[C@@H](CC(C)C)C(=O)N[C@@H](Cc1cncn1CCCCO/N=C/c1cccn1S(=O)(=O)c1ccc(C)cc1)C(=O)N[C@@H](CO)C(=O)N[C@H](C(N)=O)[C@@H](C)OP(=O)(O)O. The number of carbonyl (C=O) groups is 6. The number of aryl methyl sites for hydroxylation is 2. The number of benzene rings is 1. The molecule has 1 aromatic carbocycles. The number of hydrogen-bond donors (Lipinski definition) is 8. The number of phosphoric acid groups is 1. The predicted molar refractivity (Wildman–Crippen MR) is 243 cm³/mol. The van der Waals surface area contributed by atoms with E-state index in [1.54, 1.807) is 28.8 Å². The van der Waals surface area contributed by atoms with Crippen LogP contribution in [0.1, 0.15) is 76.8 Å². The largest absolute Gasteiger partial charge is 0.469 e. The highest BCUT2D eigenvalue weighted by molar-refractivity contribution is 7.90. The Morgan fingerprint density at radius 1 is 0.971 bits per heavy atom. The molecule has 1 saturated heterocycles. The Bertz CT molecular complexity index is 2420. The van der Waals surface area contributed by atoms with Crippen molar-refractivity contribution in [3.05, 3.63) is 72.1 Å². The second kappa shape index (κ2) is 24.9. The number of nitrogens with one attached hydrogen (secondary N) is 4. The lowest BCUT2D eigenvalue weighted by atomic mass is 10.0. The summed E-state index contributed by atoms with van der Waals surface area (Å²) < 4.78 is 45.1. The molecule has 6 atom stereocenters. The number of nitrogens with zero attached hydrogens (tertiary/aromatic N) is 5. The highest BCUT2D eigenvalue weighted by Gasteiger charge is 2.37. The van der Waals surface area contributed by atoms with E-state index in [1.807, 2.05) is 20.8 Å². The number of likely N-dealkylation sites (tertiary alicyclic amines) is 1. The first-order chi connectivity index (χ1) is 32.0. The summed E-state index contributed by atoms with van der Waals surface area (Å²) in [4.78, 5) is 109. The number of carbonyl (C=O) groups excluding carboxylic acids is 6. The molecule has 26 heteroatoms. The van der Waals surface area contributed by atoms with Crippen molar-refractivity contribution in [2.24, 2.45) is 16.8 Å². The van der Waals surface area contributed by atoms with Gasteiger partial charge in [0.15, 0.2) is 0 Å². The number of aliphatic hydroxyl groups is 1. The van der Waals surface area contributed by atoms with E-state index in [9.17, 15) is 56.6 Å². The fourth-order valence-corrected chi connectivity index (χ4v) is 9.21. The van der Waals surface area contributed by atoms with Gasteiger partial charge in [-0.15, -0.1) is 0 Å². The Labute approximate surface area is 393 Å². The topological polar surface area (TPSA) is 345 Å². The smallest absolute Gasteiger partial charge is 0.396 e. The molecule has 374 valence electrons. The van der Waals surface area contributed by atoms with Crippen molar-refractivity contribution in [1.29, 1.82) is 0 Å². The van der Waals surface area contributed by atoms with Gasteiger partial charge in [0.2, 0.25) is 35.4 Å². The standard InChI is InChI=1S/C42H61N10O14PS/c1-26(2)20-33(47-42(59)36-11-9-17-51(36)29(5)54)39(56)46-34(40(57)48-35(24-53)41(58)49-37(38(43)55)28(4)66-67(60,61)62)21-31-22-44-25-50(31)16-6-7-19-65-45-23-30-10-8-18-52(30)68(63,64)32-14-12-27(3)13-15-32/h8,10,12-15,18,22-23,25-26,28,33-37,53H,6-7,9,11,16-17,19-21,24H2,1-5H3,(H2,43,55)(H,46,56)(H,47,59)(H,48,57)(H,49,58)(H2,60,61,62)/b45-23+/t28-,33+,34+,35+,36+,37+/m1/s1. The van der Waals surface area contributed by atoms with Crippen LogP contribution >= 0.6 is 7.82 Å². The third-order valence-corrected chi connectivity index (χ3v) is 13.1. The highest BCUT2D eigenvalue weighted by Crippen LogP contribution is 2.38. The Morgan fingerprint density at radius 2 is 1.63 bits per heavy atom. The Hall–Kier alpha value is -5.98. The molecule has 0 spiro atoms. The first-order valence-corrected chi connectivity index (χ1v) is 24.8. The lowest BCUT2D eigenvalue weighted by Crippen LogP contribution is -2.61. The van der Waals surface area contributed by atoms with Gasteiger partial charge in [-0.2, -0.15) is 0 Å². The lowest BCUT2D eigenvalue weighted by Gasteiger charge is -2.28. The van der Waals surface area contributed by atoms with E-state index in [0.717, 1.165) is 16.5 Å². The lowest BCUT2D eigenvalue weighted by molar-refractivity contribution is -0.139. The van der Waals surface area contributed by atoms with Crippen LogP contribution in [-0.4, -0.2) is 139 Å². The average Bonchev–Trinajstić information content (AvgIpc) is 4.05. The number of nitrogens with two attached hydrogens (primary N) is 1. The van der Waals surface area contributed by atoms with Crippen LogP contribution in [0.5, 0.6) is 0 Å². The van der Waals surface area contributed by atoms with Crippen LogP contribution in [0, 0.1) is 12.8 Å². The van der Waals surface area contributed by atoms with Crippen LogP contribution in [0.2, 0.25) is 0 Å². The van der Waals surface area contributed by atoms with Gasteiger partial charge in [-0.25, -0.2) is 21.9 Å². The molecule has 6 amide bonds. The molecule has 2 aromatic heterocycles. The van der Waals surface area contributed by atoms with Crippen molar-refractivity contribution in [1.82, 2.24) is 39.7 Å². The van der Waals surface area contributed by atoms with E-state index in [0.29, 0.717) is 44.5 Å². The van der Waals surface area contributed by atoms with E-state index < -0.39 is 90.3 Å². The molecule has 0 saturated carbocycles. The zero-order chi connectivity index (χ0) is 50.3. The van der Waals surface area contributed by atoms with Crippen molar-refractivity contribution in [3.8, 4) is 0 Å². The minimum Gasteiger partial charge on any atom is -0.396 e. The molecule has 68 heavy (non-hydrogen) atoms. The number of hydrogen-bond acceptors (Lipinski definition) is 14. The predicted octanol–water partition coefficient (Wildman–Crippen LogP) is -0.425. The molecule has 1 fully saturated rings. The number of aromatic nitrogens is 3. The summed E-state index contributed by atoms with van der Waals surface area (Å²) in [6.45, 7) is 7.71. The molecule has 9 N–H and O–H groups in total. The molecule has 0 aliphatic carbocycles. The van der Waals surface area contributed by atoms with Crippen LogP contribution in [0.25, 0.3) is 0 Å². The van der Waals surface area contributed by atoms with Gasteiger partial charge in [-0.3, -0.25) is 33.3 Å². The average molecular weight is 993 g/mol. The van der Waals surface area contributed by atoms with Gasteiger partial charge >= 0.3 is 7.82 Å².